The molecule has 3 rings (SSSR count). The van der Waals surface area contributed by atoms with E-state index in [0.29, 0.717) is 16.4 Å². The highest BCUT2D eigenvalue weighted by Crippen LogP contribution is 2.18. The normalized spacial score (nSPS) is 10.4. The number of phenolic OH excluding ortho intramolecular Hbond substituents is 1. The number of rotatable bonds is 4. The highest BCUT2D eigenvalue weighted by molar-refractivity contribution is 6.30. The Kier molecular flexibility index (Phi) is 4.81. The van der Waals surface area contributed by atoms with Crippen LogP contribution in [0.4, 0.5) is 5.69 Å². The summed E-state index contributed by atoms with van der Waals surface area (Å²) in [5.74, 6) is -0.349. The maximum absolute atomic E-state index is 12.2. The van der Waals surface area contributed by atoms with E-state index in [0.717, 1.165) is 5.56 Å². The van der Waals surface area contributed by atoms with Crippen LogP contribution >= 0.6 is 11.6 Å². The monoisotopic (exact) mass is 355 g/mol. The number of anilines is 1. The van der Waals surface area contributed by atoms with Crippen molar-refractivity contribution in [2.75, 3.05) is 5.32 Å². The lowest BCUT2D eigenvalue weighted by Gasteiger charge is -2.08. The van der Waals surface area contributed by atoms with Crippen molar-refractivity contribution in [1.29, 1.82) is 0 Å². The lowest BCUT2D eigenvalue weighted by molar-refractivity contribution is -0.116. The van der Waals surface area contributed by atoms with Crippen LogP contribution < -0.4 is 10.9 Å². The van der Waals surface area contributed by atoms with Crippen LogP contribution in [0.2, 0.25) is 5.02 Å². The van der Waals surface area contributed by atoms with Gasteiger partial charge < -0.3 is 10.4 Å². The first-order chi connectivity index (χ1) is 12.0. The smallest absolute Gasteiger partial charge is 0.254 e. The molecule has 0 unspecified atom stereocenters. The molecule has 2 N–H and O–H groups in total. The lowest BCUT2D eigenvalue weighted by Crippen LogP contribution is -2.27. The molecule has 0 aliphatic carbocycles. The minimum absolute atomic E-state index is 0.0453. The van der Waals surface area contributed by atoms with Crippen molar-refractivity contribution in [3.05, 3.63) is 76.3 Å². The summed E-state index contributed by atoms with van der Waals surface area (Å²) in [4.78, 5) is 28.5. The van der Waals surface area contributed by atoms with Crippen LogP contribution in [-0.4, -0.2) is 20.6 Å². The number of hydrogen-bond donors (Lipinski definition) is 2. The van der Waals surface area contributed by atoms with Crippen LogP contribution in [0.3, 0.4) is 0 Å². The van der Waals surface area contributed by atoms with Gasteiger partial charge in [-0.05, 0) is 24.3 Å². The second kappa shape index (κ2) is 7.19. The predicted molar refractivity (Wildman–Crippen MR) is 95.7 cm³/mol. The predicted octanol–water partition coefficient (Wildman–Crippen LogP) is 2.91. The minimum atomic E-state index is -0.395. The molecule has 0 radical (unpaired) electrons. The number of aromatic hydroxyl groups is 1. The summed E-state index contributed by atoms with van der Waals surface area (Å²) in [6, 6.07) is 14.5. The third-order valence-corrected chi connectivity index (χ3v) is 3.72. The number of benzene rings is 2. The number of phenols is 1. The molecule has 1 amide bonds. The van der Waals surface area contributed by atoms with E-state index in [1.807, 2.05) is 0 Å². The van der Waals surface area contributed by atoms with Crippen LogP contribution in [0.1, 0.15) is 0 Å². The maximum Gasteiger partial charge on any atom is 0.254 e. The largest absolute Gasteiger partial charge is 0.508 e. The second-order valence-electron chi connectivity index (χ2n) is 5.35. The third-order valence-electron chi connectivity index (χ3n) is 3.46. The zero-order chi connectivity index (χ0) is 17.8. The number of carbonyl (C=O) groups is 1. The molecule has 1 aromatic heterocycles. The van der Waals surface area contributed by atoms with Crippen molar-refractivity contribution < 1.29 is 9.90 Å². The molecule has 25 heavy (non-hydrogen) atoms. The van der Waals surface area contributed by atoms with E-state index in [1.54, 1.807) is 36.4 Å². The average Bonchev–Trinajstić information content (AvgIpc) is 2.57. The zero-order valence-electron chi connectivity index (χ0n) is 13.0. The van der Waals surface area contributed by atoms with Crippen molar-refractivity contribution in [2.24, 2.45) is 0 Å². The molecule has 0 aliphatic rings. The van der Waals surface area contributed by atoms with Gasteiger partial charge in [0, 0.05) is 28.4 Å². The molecule has 3 aromatic rings. The van der Waals surface area contributed by atoms with Crippen LogP contribution in [0.25, 0.3) is 11.3 Å². The van der Waals surface area contributed by atoms with Crippen molar-refractivity contribution in [1.82, 2.24) is 9.55 Å². The number of nitrogens with one attached hydrogen (secondary N) is 1. The quantitative estimate of drug-likeness (QED) is 0.753. The fourth-order valence-electron chi connectivity index (χ4n) is 2.26. The van der Waals surface area contributed by atoms with E-state index in [4.69, 9.17) is 11.6 Å². The van der Waals surface area contributed by atoms with Gasteiger partial charge in [-0.15, -0.1) is 0 Å². The molecule has 0 saturated heterocycles. The number of hydrogen-bond acceptors (Lipinski definition) is 4. The molecule has 0 saturated carbocycles. The average molecular weight is 356 g/mol. The van der Waals surface area contributed by atoms with Gasteiger partial charge in [0.05, 0.1) is 12.0 Å². The second-order valence-corrected chi connectivity index (χ2v) is 5.78. The Morgan fingerprint density at radius 3 is 2.60 bits per heavy atom. The summed E-state index contributed by atoms with van der Waals surface area (Å²) in [5.41, 5.74) is 1.37. The highest BCUT2D eigenvalue weighted by Gasteiger charge is 2.08. The number of aromatic nitrogens is 2. The van der Waals surface area contributed by atoms with E-state index < -0.39 is 5.91 Å². The van der Waals surface area contributed by atoms with Crippen molar-refractivity contribution in [3.63, 3.8) is 0 Å². The van der Waals surface area contributed by atoms with Crippen LogP contribution in [0.5, 0.6) is 5.75 Å². The standard InChI is InChI=1S/C18H14ClN3O3/c19-13-6-4-12(5-7-13)16-9-18(25)22(11-20-16)10-17(24)21-14-2-1-3-15(23)8-14/h1-9,11,23H,10H2,(H,21,24). The molecule has 0 aliphatic heterocycles. The first-order valence-corrected chi connectivity index (χ1v) is 7.80. The molecule has 7 heteroatoms. The summed E-state index contributed by atoms with van der Waals surface area (Å²) < 4.78 is 1.21. The maximum atomic E-state index is 12.2. The van der Waals surface area contributed by atoms with Crippen LogP contribution in [-0.2, 0) is 11.3 Å². The van der Waals surface area contributed by atoms with E-state index in [2.05, 4.69) is 10.3 Å². The fourth-order valence-corrected chi connectivity index (χ4v) is 2.39. The van der Waals surface area contributed by atoms with Gasteiger partial charge in [0.15, 0.2) is 0 Å². The summed E-state index contributed by atoms with van der Waals surface area (Å²) in [5, 5.41) is 12.6. The summed E-state index contributed by atoms with van der Waals surface area (Å²) in [7, 11) is 0. The Hall–Kier alpha value is -3.12. The van der Waals surface area contributed by atoms with Crippen molar-refractivity contribution in [2.45, 2.75) is 6.54 Å². The summed E-state index contributed by atoms with van der Waals surface area (Å²) in [6.45, 7) is -0.178. The highest BCUT2D eigenvalue weighted by atomic mass is 35.5. The lowest BCUT2D eigenvalue weighted by atomic mass is 10.1. The molecular formula is C18H14ClN3O3. The SMILES string of the molecule is O=C(Cn1cnc(-c2ccc(Cl)cc2)cc1=O)Nc1cccc(O)c1. The topological polar surface area (TPSA) is 84.2 Å². The summed E-state index contributed by atoms with van der Waals surface area (Å²) in [6.07, 6.45) is 1.33. The van der Waals surface area contributed by atoms with Gasteiger partial charge in [0.1, 0.15) is 12.3 Å². The van der Waals surface area contributed by atoms with Crippen LogP contribution in [0, 0.1) is 0 Å². The molecular weight excluding hydrogens is 342 g/mol. The summed E-state index contributed by atoms with van der Waals surface area (Å²) >= 11 is 5.84. The van der Waals surface area contributed by atoms with E-state index in [9.17, 15) is 14.7 Å². The zero-order valence-corrected chi connectivity index (χ0v) is 13.8. The van der Waals surface area contributed by atoms with E-state index in [-0.39, 0.29) is 17.9 Å². The van der Waals surface area contributed by atoms with Gasteiger partial charge in [-0.25, -0.2) is 4.98 Å². The Balaban J connectivity index is 1.74. The van der Waals surface area contributed by atoms with Gasteiger partial charge in [-0.2, -0.15) is 0 Å². The fraction of sp³-hybridized carbons (Fsp3) is 0.0556. The van der Waals surface area contributed by atoms with E-state index >= 15 is 0 Å². The Morgan fingerprint density at radius 1 is 1.16 bits per heavy atom. The first kappa shape index (κ1) is 16.7. The van der Waals surface area contributed by atoms with Crippen LogP contribution in [0.15, 0.2) is 65.7 Å². The van der Waals surface area contributed by atoms with Gasteiger partial charge in [0.25, 0.3) is 5.56 Å². The molecule has 0 spiro atoms. The third kappa shape index (κ3) is 4.24. The van der Waals surface area contributed by atoms with Gasteiger partial charge in [-0.3, -0.25) is 14.2 Å². The van der Waals surface area contributed by atoms with E-state index in [1.165, 1.54) is 29.1 Å². The van der Waals surface area contributed by atoms with Gasteiger partial charge in [0.2, 0.25) is 5.91 Å². The molecule has 6 nitrogen and oxygen atoms in total. The molecule has 2 aromatic carbocycles. The van der Waals surface area contributed by atoms with Crippen molar-refractivity contribution in [3.8, 4) is 17.0 Å². The number of amides is 1. The molecule has 126 valence electrons. The Labute approximate surface area is 148 Å². The molecule has 0 fully saturated rings. The van der Waals surface area contributed by atoms with Gasteiger partial charge in [-0.1, -0.05) is 29.8 Å². The first-order valence-electron chi connectivity index (χ1n) is 7.42. The Bertz CT molecular complexity index is 968. The van der Waals surface area contributed by atoms with Gasteiger partial charge >= 0.3 is 0 Å². The number of carbonyl (C=O) groups excluding carboxylic acids is 1. The Morgan fingerprint density at radius 2 is 1.92 bits per heavy atom. The number of nitrogens with zero attached hydrogens (tertiary/aromatic N) is 2. The van der Waals surface area contributed by atoms with Crippen molar-refractivity contribution >= 4 is 23.2 Å². The molecule has 0 bridgehead atoms. The molecule has 0 atom stereocenters. The minimum Gasteiger partial charge on any atom is -0.508 e. The number of halogens is 1. The molecule has 1 heterocycles.